The maximum Gasteiger partial charge on any atom is 0.0212 e. The minimum absolute atomic E-state index is 0.508. The highest BCUT2D eigenvalue weighted by atomic mass is 15.3. The number of hydrogen-bond donors (Lipinski definition) is 1. The first-order chi connectivity index (χ1) is 8.56. The summed E-state index contributed by atoms with van der Waals surface area (Å²) in [4.78, 5) is 2.76. The minimum atomic E-state index is 0.508. The molecule has 0 radical (unpaired) electrons. The molecule has 1 saturated heterocycles. The van der Waals surface area contributed by atoms with E-state index in [9.17, 15) is 0 Å². The SMILES string of the molecule is CC1CC(NC2CCCCC2(C)C)CN1C1CC1. The van der Waals surface area contributed by atoms with Gasteiger partial charge in [-0.3, -0.25) is 4.90 Å². The summed E-state index contributed by atoms with van der Waals surface area (Å²) in [6, 6.07) is 3.25. The van der Waals surface area contributed by atoms with E-state index in [1.807, 2.05) is 0 Å². The van der Waals surface area contributed by atoms with Crippen molar-refractivity contribution in [2.75, 3.05) is 6.54 Å². The summed E-state index contributed by atoms with van der Waals surface area (Å²) < 4.78 is 0. The van der Waals surface area contributed by atoms with Crippen LogP contribution in [-0.4, -0.2) is 35.6 Å². The van der Waals surface area contributed by atoms with E-state index in [-0.39, 0.29) is 0 Å². The number of hydrogen-bond acceptors (Lipinski definition) is 2. The zero-order valence-electron chi connectivity index (χ0n) is 12.4. The van der Waals surface area contributed by atoms with Crippen LogP contribution in [0.25, 0.3) is 0 Å². The molecule has 0 aromatic carbocycles. The second kappa shape index (κ2) is 4.79. The summed E-state index contributed by atoms with van der Waals surface area (Å²) >= 11 is 0. The van der Waals surface area contributed by atoms with E-state index in [1.54, 1.807) is 0 Å². The third-order valence-corrected chi connectivity index (χ3v) is 5.58. The van der Waals surface area contributed by atoms with Crippen molar-refractivity contribution in [1.82, 2.24) is 10.2 Å². The van der Waals surface area contributed by atoms with Crippen LogP contribution < -0.4 is 5.32 Å². The van der Waals surface area contributed by atoms with Crippen LogP contribution in [0.2, 0.25) is 0 Å². The fourth-order valence-electron chi connectivity index (χ4n) is 4.18. The van der Waals surface area contributed by atoms with Gasteiger partial charge in [0.1, 0.15) is 0 Å². The summed E-state index contributed by atoms with van der Waals surface area (Å²) in [5.41, 5.74) is 0.508. The Bertz CT molecular complexity index is 295. The molecule has 1 aliphatic heterocycles. The third kappa shape index (κ3) is 2.60. The van der Waals surface area contributed by atoms with E-state index >= 15 is 0 Å². The largest absolute Gasteiger partial charge is 0.309 e. The molecule has 18 heavy (non-hydrogen) atoms. The first kappa shape index (κ1) is 12.9. The molecule has 3 atom stereocenters. The van der Waals surface area contributed by atoms with Gasteiger partial charge in [-0.15, -0.1) is 0 Å². The van der Waals surface area contributed by atoms with Gasteiger partial charge >= 0.3 is 0 Å². The molecule has 104 valence electrons. The fourth-order valence-corrected chi connectivity index (χ4v) is 4.18. The quantitative estimate of drug-likeness (QED) is 0.827. The normalized spacial score (nSPS) is 41.2. The molecule has 0 aromatic rings. The van der Waals surface area contributed by atoms with Gasteiger partial charge in [0, 0.05) is 30.7 Å². The van der Waals surface area contributed by atoms with Crippen LogP contribution >= 0.6 is 0 Å². The van der Waals surface area contributed by atoms with Crippen molar-refractivity contribution in [3.05, 3.63) is 0 Å². The number of nitrogens with one attached hydrogen (secondary N) is 1. The molecule has 3 unspecified atom stereocenters. The molecule has 3 aliphatic rings. The highest BCUT2D eigenvalue weighted by Gasteiger charge is 2.41. The van der Waals surface area contributed by atoms with Gasteiger partial charge in [-0.1, -0.05) is 26.7 Å². The Balaban J connectivity index is 1.56. The number of nitrogens with zero attached hydrogens (tertiary/aromatic N) is 1. The molecular formula is C16H30N2. The Kier molecular flexibility index (Phi) is 3.44. The van der Waals surface area contributed by atoms with Crippen LogP contribution in [0, 0.1) is 5.41 Å². The lowest BCUT2D eigenvalue weighted by Gasteiger charge is -2.40. The molecule has 2 saturated carbocycles. The van der Waals surface area contributed by atoms with Crippen LogP contribution in [0.1, 0.15) is 65.7 Å². The van der Waals surface area contributed by atoms with E-state index in [0.717, 1.165) is 24.2 Å². The van der Waals surface area contributed by atoms with Gasteiger partial charge in [-0.2, -0.15) is 0 Å². The van der Waals surface area contributed by atoms with Crippen molar-refractivity contribution >= 4 is 0 Å². The summed E-state index contributed by atoms with van der Waals surface area (Å²) in [5.74, 6) is 0. The molecule has 0 bridgehead atoms. The average molecular weight is 250 g/mol. The third-order valence-electron chi connectivity index (χ3n) is 5.58. The molecule has 0 aromatic heterocycles. The van der Waals surface area contributed by atoms with E-state index in [1.165, 1.54) is 51.5 Å². The van der Waals surface area contributed by atoms with Crippen molar-refractivity contribution in [2.45, 2.75) is 89.9 Å². The second-order valence-corrected chi connectivity index (χ2v) is 7.66. The summed E-state index contributed by atoms with van der Waals surface area (Å²) in [5, 5.41) is 4.01. The maximum absolute atomic E-state index is 4.01. The zero-order valence-corrected chi connectivity index (χ0v) is 12.4. The molecule has 2 aliphatic carbocycles. The lowest BCUT2D eigenvalue weighted by Crippen LogP contribution is -2.49. The standard InChI is InChI=1S/C16H30N2/c1-12-10-13(11-18(12)14-7-8-14)17-15-6-4-5-9-16(15,2)3/h12-15,17H,4-11H2,1-3H3. The Morgan fingerprint density at radius 1 is 1.11 bits per heavy atom. The van der Waals surface area contributed by atoms with Gasteiger partial charge in [-0.25, -0.2) is 0 Å². The van der Waals surface area contributed by atoms with Gasteiger partial charge in [0.05, 0.1) is 0 Å². The molecule has 0 spiro atoms. The first-order valence-corrected chi connectivity index (χ1v) is 8.08. The van der Waals surface area contributed by atoms with Crippen molar-refractivity contribution in [3.8, 4) is 0 Å². The van der Waals surface area contributed by atoms with Crippen LogP contribution in [-0.2, 0) is 0 Å². The van der Waals surface area contributed by atoms with E-state index in [4.69, 9.17) is 0 Å². The van der Waals surface area contributed by atoms with E-state index < -0.39 is 0 Å². The Morgan fingerprint density at radius 3 is 2.56 bits per heavy atom. The first-order valence-electron chi connectivity index (χ1n) is 8.08. The molecule has 3 fully saturated rings. The predicted molar refractivity (Wildman–Crippen MR) is 76.8 cm³/mol. The van der Waals surface area contributed by atoms with Crippen molar-refractivity contribution in [1.29, 1.82) is 0 Å². The molecule has 2 nitrogen and oxygen atoms in total. The lowest BCUT2D eigenvalue weighted by molar-refractivity contribution is 0.154. The highest BCUT2D eigenvalue weighted by Crippen LogP contribution is 2.37. The van der Waals surface area contributed by atoms with Crippen molar-refractivity contribution in [3.63, 3.8) is 0 Å². The van der Waals surface area contributed by atoms with Crippen LogP contribution in [0.3, 0.4) is 0 Å². The van der Waals surface area contributed by atoms with Crippen LogP contribution in [0.15, 0.2) is 0 Å². The fraction of sp³-hybridized carbons (Fsp3) is 1.00. The topological polar surface area (TPSA) is 15.3 Å². The average Bonchev–Trinajstić information content (AvgIpc) is 3.07. The summed E-state index contributed by atoms with van der Waals surface area (Å²) in [6.07, 6.45) is 9.91. The molecule has 3 rings (SSSR count). The highest BCUT2D eigenvalue weighted by molar-refractivity contribution is 4.98. The predicted octanol–water partition coefficient (Wildman–Crippen LogP) is 3.17. The van der Waals surface area contributed by atoms with Crippen molar-refractivity contribution in [2.24, 2.45) is 5.41 Å². The lowest BCUT2D eigenvalue weighted by atomic mass is 9.73. The van der Waals surface area contributed by atoms with Gasteiger partial charge in [0.2, 0.25) is 0 Å². The smallest absolute Gasteiger partial charge is 0.0212 e. The van der Waals surface area contributed by atoms with Gasteiger partial charge in [0.25, 0.3) is 0 Å². The number of rotatable bonds is 3. The molecular weight excluding hydrogens is 220 g/mol. The Labute approximate surface area is 113 Å². The molecule has 1 heterocycles. The van der Waals surface area contributed by atoms with Crippen LogP contribution in [0.4, 0.5) is 0 Å². The zero-order chi connectivity index (χ0) is 12.8. The van der Waals surface area contributed by atoms with E-state index in [0.29, 0.717) is 5.41 Å². The Morgan fingerprint density at radius 2 is 1.89 bits per heavy atom. The molecule has 2 heteroatoms. The monoisotopic (exact) mass is 250 g/mol. The maximum atomic E-state index is 4.01. The minimum Gasteiger partial charge on any atom is -0.309 e. The van der Waals surface area contributed by atoms with Gasteiger partial charge in [-0.05, 0) is 44.4 Å². The molecule has 0 amide bonds. The van der Waals surface area contributed by atoms with Gasteiger partial charge in [0.15, 0.2) is 0 Å². The van der Waals surface area contributed by atoms with Gasteiger partial charge < -0.3 is 5.32 Å². The Hall–Kier alpha value is -0.0800. The van der Waals surface area contributed by atoms with Crippen LogP contribution in [0.5, 0.6) is 0 Å². The molecule has 1 N–H and O–H groups in total. The number of likely N-dealkylation sites (tertiary alicyclic amines) is 1. The van der Waals surface area contributed by atoms with E-state index in [2.05, 4.69) is 31.0 Å². The summed E-state index contributed by atoms with van der Waals surface area (Å²) in [7, 11) is 0. The second-order valence-electron chi connectivity index (χ2n) is 7.66. The van der Waals surface area contributed by atoms with Crippen molar-refractivity contribution < 1.29 is 0 Å². The summed E-state index contributed by atoms with van der Waals surface area (Å²) in [6.45, 7) is 8.64.